The minimum Gasteiger partial charge on any atom is -0.497 e. The monoisotopic (exact) mass is 536 g/mol. The molecule has 5 aromatic rings. The van der Waals surface area contributed by atoms with E-state index in [0.29, 0.717) is 6.07 Å². The highest BCUT2D eigenvalue weighted by Crippen LogP contribution is 2.50. The standard InChI is InChI=1S/C28H13F9O/c1-38-12-10-17(29)21(18(30)11-12)20-14-7-3-2-6-13(14)19(15-8-4-5-9-16(15)28(35,36)37)22-23(20)25(32)27(34)26(33)24(22)31/h2-11H,1H3. The van der Waals surface area contributed by atoms with Crippen LogP contribution in [0.2, 0.25) is 0 Å². The number of benzene rings is 5. The molecule has 0 saturated carbocycles. The fourth-order valence-corrected chi connectivity index (χ4v) is 4.68. The Balaban J connectivity index is 2.13. The van der Waals surface area contributed by atoms with Gasteiger partial charge in [-0.1, -0.05) is 42.5 Å². The molecule has 0 unspecified atom stereocenters. The summed E-state index contributed by atoms with van der Waals surface area (Å²) < 4.78 is 137. The predicted octanol–water partition coefficient (Wildman–Crippen LogP) is 9.19. The van der Waals surface area contributed by atoms with Crippen LogP contribution in [-0.4, -0.2) is 7.11 Å². The van der Waals surface area contributed by atoms with Crippen molar-refractivity contribution in [3.8, 4) is 28.0 Å². The van der Waals surface area contributed by atoms with Gasteiger partial charge in [0.1, 0.15) is 17.4 Å². The summed E-state index contributed by atoms with van der Waals surface area (Å²) in [7, 11) is 1.12. The van der Waals surface area contributed by atoms with Crippen LogP contribution in [0.25, 0.3) is 43.8 Å². The molecule has 1 nitrogen and oxygen atoms in total. The number of hydrogen-bond acceptors (Lipinski definition) is 1. The van der Waals surface area contributed by atoms with E-state index in [9.17, 15) is 22.0 Å². The van der Waals surface area contributed by atoms with Crippen LogP contribution in [0.1, 0.15) is 5.56 Å². The van der Waals surface area contributed by atoms with Crippen molar-refractivity contribution in [1.82, 2.24) is 0 Å². The zero-order valence-electron chi connectivity index (χ0n) is 19.1. The highest BCUT2D eigenvalue weighted by molar-refractivity contribution is 6.22. The molecule has 0 spiro atoms. The summed E-state index contributed by atoms with van der Waals surface area (Å²) in [6.45, 7) is 0. The van der Waals surface area contributed by atoms with E-state index in [2.05, 4.69) is 0 Å². The quantitative estimate of drug-likeness (QED) is 0.0967. The maximum Gasteiger partial charge on any atom is 0.417 e. The summed E-state index contributed by atoms with van der Waals surface area (Å²) in [6, 6.07) is 10.4. The maximum absolute atomic E-state index is 15.5. The highest BCUT2D eigenvalue weighted by atomic mass is 19.4. The van der Waals surface area contributed by atoms with Gasteiger partial charge in [-0.15, -0.1) is 0 Å². The van der Waals surface area contributed by atoms with Gasteiger partial charge in [0.05, 0.1) is 18.2 Å². The molecule has 0 amide bonds. The molecule has 38 heavy (non-hydrogen) atoms. The number of ether oxygens (including phenoxy) is 1. The molecule has 0 heterocycles. The molecule has 0 atom stereocenters. The first-order chi connectivity index (χ1) is 18.0. The third-order valence-corrected chi connectivity index (χ3v) is 6.24. The van der Waals surface area contributed by atoms with E-state index in [-0.39, 0.29) is 16.5 Å². The minimum atomic E-state index is -4.98. The molecule has 10 heteroatoms. The van der Waals surface area contributed by atoms with Gasteiger partial charge in [0.2, 0.25) is 0 Å². The van der Waals surface area contributed by atoms with E-state index in [1.165, 1.54) is 30.3 Å². The molecule has 0 aliphatic carbocycles. The Morgan fingerprint density at radius 1 is 0.579 bits per heavy atom. The van der Waals surface area contributed by atoms with Crippen molar-refractivity contribution in [2.75, 3.05) is 7.11 Å². The van der Waals surface area contributed by atoms with E-state index < -0.39 is 79.7 Å². The summed E-state index contributed by atoms with van der Waals surface area (Å²) >= 11 is 0. The largest absolute Gasteiger partial charge is 0.497 e. The fourth-order valence-electron chi connectivity index (χ4n) is 4.68. The van der Waals surface area contributed by atoms with Gasteiger partial charge in [-0.05, 0) is 22.4 Å². The van der Waals surface area contributed by atoms with E-state index in [0.717, 1.165) is 31.4 Å². The molecule has 0 aromatic heterocycles. The van der Waals surface area contributed by atoms with Gasteiger partial charge in [-0.3, -0.25) is 0 Å². The Labute approximate surface area is 208 Å². The van der Waals surface area contributed by atoms with Crippen LogP contribution >= 0.6 is 0 Å². The first kappa shape index (κ1) is 25.4. The van der Waals surface area contributed by atoms with Crippen LogP contribution in [-0.2, 0) is 6.18 Å². The number of fused-ring (bicyclic) bond motifs is 2. The van der Waals surface area contributed by atoms with Crippen LogP contribution in [0.4, 0.5) is 39.5 Å². The second kappa shape index (κ2) is 8.97. The van der Waals surface area contributed by atoms with Gasteiger partial charge in [-0.2, -0.15) is 13.2 Å². The number of hydrogen-bond donors (Lipinski definition) is 0. The molecule has 0 aliphatic rings. The van der Waals surface area contributed by atoms with Crippen LogP contribution < -0.4 is 4.74 Å². The molecule has 0 bridgehead atoms. The third kappa shape index (κ3) is 3.74. The van der Waals surface area contributed by atoms with Crippen molar-refractivity contribution in [3.63, 3.8) is 0 Å². The predicted molar refractivity (Wildman–Crippen MR) is 124 cm³/mol. The summed E-state index contributed by atoms with van der Waals surface area (Å²) in [5, 5.41) is -2.69. The fraction of sp³-hybridized carbons (Fsp3) is 0.0714. The number of methoxy groups -OCH3 is 1. The zero-order valence-corrected chi connectivity index (χ0v) is 19.1. The molecule has 194 valence electrons. The average Bonchev–Trinajstić information content (AvgIpc) is 2.89. The van der Waals surface area contributed by atoms with Gasteiger partial charge >= 0.3 is 6.18 Å². The number of alkyl halides is 3. The second-order valence-electron chi connectivity index (χ2n) is 8.31. The Morgan fingerprint density at radius 3 is 1.58 bits per heavy atom. The lowest BCUT2D eigenvalue weighted by atomic mass is 9.83. The van der Waals surface area contributed by atoms with Gasteiger partial charge in [0.25, 0.3) is 0 Å². The summed E-state index contributed by atoms with van der Waals surface area (Å²) in [5.74, 6) is -11.5. The lowest BCUT2D eigenvalue weighted by Crippen LogP contribution is -2.09. The van der Waals surface area contributed by atoms with Crippen molar-refractivity contribution < 1.29 is 44.3 Å². The normalized spacial score (nSPS) is 11.9. The zero-order chi connectivity index (χ0) is 27.5. The molecule has 0 N–H and O–H groups in total. The Bertz CT molecular complexity index is 1730. The van der Waals surface area contributed by atoms with E-state index in [4.69, 9.17) is 4.74 Å². The topological polar surface area (TPSA) is 9.23 Å². The molecule has 5 aromatic carbocycles. The van der Waals surface area contributed by atoms with Crippen molar-refractivity contribution >= 4 is 21.5 Å². The van der Waals surface area contributed by atoms with Gasteiger partial charge in [0, 0.05) is 34.0 Å². The Kier molecular flexibility index (Phi) is 6.00. The van der Waals surface area contributed by atoms with Crippen LogP contribution in [0.3, 0.4) is 0 Å². The van der Waals surface area contributed by atoms with Gasteiger partial charge in [0.15, 0.2) is 23.3 Å². The average molecular weight is 536 g/mol. The van der Waals surface area contributed by atoms with Gasteiger partial charge < -0.3 is 4.74 Å². The smallest absolute Gasteiger partial charge is 0.417 e. The van der Waals surface area contributed by atoms with Crippen molar-refractivity contribution in [1.29, 1.82) is 0 Å². The number of rotatable bonds is 3. The minimum absolute atomic E-state index is 0.217. The SMILES string of the molecule is COc1cc(F)c(-c2c3ccccc3c(-c3ccccc3C(F)(F)F)c3c(F)c(F)c(F)c(F)c23)c(F)c1. The summed E-state index contributed by atoms with van der Waals surface area (Å²) in [6.07, 6.45) is -4.98. The number of halogens is 9. The summed E-state index contributed by atoms with van der Waals surface area (Å²) in [4.78, 5) is 0. The highest BCUT2D eigenvalue weighted by Gasteiger charge is 2.36. The maximum atomic E-state index is 15.5. The molecular weight excluding hydrogens is 523 g/mol. The third-order valence-electron chi connectivity index (χ3n) is 6.24. The molecule has 0 saturated heterocycles. The van der Waals surface area contributed by atoms with E-state index in [1.807, 2.05) is 0 Å². The van der Waals surface area contributed by atoms with E-state index in [1.54, 1.807) is 0 Å². The first-order valence-corrected chi connectivity index (χ1v) is 10.9. The van der Waals surface area contributed by atoms with Crippen LogP contribution in [0.15, 0.2) is 60.7 Å². The van der Waals surface area contributed by atoms with Crippen molar-refractivity contribution in [3.05, 3.63) is 101 Å². The molecule has 0 fully saturated rings. The molecule has 0 aliphatic heterocycles. The van der Waals surface area contributed by atoms with Crippen molar-refractivity contribution in [2.45, 2.75) is 6.18 Å². The summed E-state index contributed by atoms with van der Waals surface area (Å²) in [5.41, 5.74) is -4.22. The van der Waals surface area contributed by atoms with E-state index >= 15 is 17.6 Å². The lowest BCUT2D eigenvalue weighted by molar-refractivity contribution is -0.137. The first-order valence-electron chi connectivity index (χ1n) is 10.9. The Hall–Kier alpha value is -4.21. The molecular formula is C28H13F9O. The molecule has 5 rings (SSSR count). The lowest BCUT2D eigenvalue weighted by Gasteiger charge is -2.21. The van der Waals surface area contributed by atoms with Crippen LogP contribution in [0, 0.1) is 34.9 Å². The van der Waals surface area contributed by atoms with Gasteiger partial charge in [-0.25, -0.2) is 26.3 Å². The van der Waals surface area contributed by atoms with Crippen molar-refractivity contribution in [2.24, 2.45) is 0 Å². The Morgan fingerprint density at radius 2 is 1.05 bits per heavy atom. The van der Waals surface area contributed by atoms with Crippen LogP contribution in [0.5, 0.6) is 5.75 Å². The second-order valence-corrected chi connectivity index (χ2v) is 8.31. The molecule has 0 radical (unpaired) electrons.